The van der Waals surface area contributed by atoms with Crippen LogP contribution in [0.25, 0.3) is 0 Å². The number of carbonyl (C=O) groups excluding carboxylic acids is 1. The van der Waals surface area contributed by atoms with Crippen molar-refractivity contribution in [2.45, 2.75) is 86.2 Å². The molecule has 0 aromatic heterocycles. The number of piperidine rings is 1. The van der Waals surface area contributed by atoms with Crippen molar-refractivity contribution >= 4 is 38.1 Å². The van der Waals surface area contributed by atoms with Gasteiger partial charge in [0.05, 0.1) is 10.7 Å². The van der Waals surface area contributed by atoms with E-state index in [0.29, 0.717) is 17.0 Å². The van der Waals surface area contributed by atoms with Gasteiger partial charge in [0.2, 0.25) is 5.91 Å². The Morgan fingerprint density at radius 2 is 1.69 bits per heavy atom. The number of carbonyl (C=O) groups is 1. The van der Waals surface area contributed by atoms with Gasteiger partial charge in [-0.3, -0.25) is 4.79 Å². The molecule has 2 aromatic carbocycles. The molecule has 0 radical (unpaired) electrons. The predicted octanol–water partition coefficient (Wildman–Crippen LogP) is 9.50. The Morgan fingerprint density at radius 3 is 2.18 bits per heavy atom. The van der Waals surface area contributed by atoms with Crippen LogP contribution in [0.2, 0.25) is 5.02 Å². The van der Waals surface area contributed by atoms with Crippen molar-refractivity contribution in [3.63, 3.8) is 0 Å². The minimum Gasteiger partial charge on any atom is -0.387 e. The Labute approximate surface area is 243 Å². The molecule has 2 aromatic rings. The van der Waals surface area contributed by atoms with E-state index in [2.05, 4.69) is 29.4 Å². The molecule has 39 heavy (non-hydrogen) atoms. The Balaban J connectivity index is 0.000000544. The van der Waals surface area contributed by atoms with Crippen LogP contribution in [0.4, 0.5) is 20.2 Å². The molecule has 0 spiro atoms. The predicted molar refractivity (Wildman–Crippen MR) is 171 cm³/mol. The highest BCUT2D eigenvalue weighted by molar-refractivity contribution is 7.17. The van der Waals surface area contributed by atoms with Crippen molar-refractivity contribution in [3.8, 4) is 0 Å². The summed E-state index contributed by atoms with van der Waals surface area (Å²) in [5.74, 6) is 1.07. The minimum atomic E-state index is -2.96. The van der Waals surface area contributed by atoms with Crippen LogP contribution in [-0.4, -0.2) is 37.5 Å². The van der Waals surface area contributed by atoms with Gasteiger partial charge in [0.1, 0.15) is 0 Å². The third kappa shape index (κ3) is 15.0. The molecular formula is C31H51ClF2N3OP. The van der Waals surface area contributed by atoms with E-state index in [9.17, 15) is 13.6 Å². The topological polar surface area (TPSA) is 44.4 Å². The quantitative estimate of drug-likeness (QED) is 0.318. The average Bonchev–Trinajstić information content (AvgIpc) is 2.88. The van der Waals surface area contributed by atoms with Crippen LogP contribution in [0, 0.1) is 19.8 Å². The number of hydrogen-bond donors (Lipinski definition) is 2. The van der Waals surface area contributed by atoms with Crippen molar-refractivity contribution in [1.82, 2.24) is 4.90 Å². The van der Waals surface area contributed by atoms with Crippen molar-refractivity contribution in [1.29, 1.82) is 0 Å². The van der Waals surface area contributed by atoms with Crippen LogP contribution in [0.5, 0.6) is 0 Å². The largest absolute Gasteiger partial charge is 0.387 e. The number of hydrogen-bond acceptors (Lipinski definition) is 3. The third-order valence-electron chi connectivity index (χ3n) is 6.16. The maximum Gasteiger partial charge on any atom is 0.285 e. The van der Waals surface area contributed by atoms with E-state index in [1.54, 1.807) is 20.0 Å². The highest BCUT2D eigenvalue weighted by Crippen LogP contribution is 2.42. The molecule has 4 nitrogen and oxygen atoms in total. The number of nitrogens with one attached hydrogen (secondary N) is 2. The fraction of sp³-hybridized carbons (Fsp3) is 0.581. The number of halogens is 3. The summed E-state index contributed by atoms with van der Waals surface area (Å²) in [6.45, 7) is 18.3. The molecule has 2 N–H and O–H groups in total. The number of para-hydroxylation sites is 1. The molecule has 8 heteroatoms. The molecule has 1 aliphatic rings. The number of aryl methyl sites for hydroxylation is 2. The monoisotopic (exact) mass is 585 g/mol. The molecule has 1 saturated heterocycles. The molecule has 1 aliphatic heterocycles. The molecule has 222 valence electrons. The van der Waals surface area contributed by atoms with Gasteiger partial charge < -0.3 is 15.5 Å². The summed E-state index contributed by atoms with van der Waals surface area (Å²) < 4.78 is 26.3. The second-order valence-corrected chi connectivity index (χ2v) is 10.8. The maximum absolute atomic E-state index is 13.1. The van der Waals surface area contributed by atoms with E-state index in [1.165, 1.54) is 54.2 Å². The van der Waals surface area contributed by atoms with Crippen LogP contribution in [0.15, 0.2) is 36.4 Å². The molecule has 0 saturated carbocycles. The van der Waals surface area contributed by atoms with Crippen molar-refractivity contribution in [3.05, 3.63) is 58.1 Å². The summed E-state index contributed by atoms with van der Waals surface area (Å²) in [7, 11) is 3.07. The highest BCUT2D eigenvalue weighted by Gasteiger charge is 2.29. The Morgan fingerprint density at radius 1 is 1.10 bits per heavy atom. The maximum atomic E-state index is 13.1. The first-order chi connectivity index (χ1) is 18.4. The zero-order chi connectivity index (χ0) is 30.0. The molecule has 1 unspecified atom stereocenters. The summed E-state index contributed by atoms with van der Waals surface area (Å²) >= 11 is 5.84. The van der Waals surface area contributed by atoms with Crippen molar-refractivity contribution in [2.75, 3.05) is 37.3 Å². The van der Waals surface area contributed by atoms with Gasteiger partial charge in [-0.25, -0.2) is 0 Å². The Bertz CT molecular complexity index is 961. The Kier molecular flexibility index (Phi) is 19.3. The van der Waals surface area contributed by atoms with Gasteiger partial charge in [-0.1, -0.05) is 73.7 Å². The lowest BCUT2D eigenvalue weighted by molar-refractivity contribution is -0.116. The normalized spacial score (nSPS) is 13.5. The second-order valence-electron chi connectivity index (χ2n) is 9.68. The lowest BCUT2D eigenvalue weighted by Gasteiger charge is -2.29. The third-order valence-corrected chi connectivity index (χ3v) is 6.77. The minimum absolute atomic E-state index is 0.0943. The van der Waals surface area contributed by atoms with Crippen molar-refractivity contribution < 1.29 is 13.6 Å². The molecule has 1 amide bonds. The number of alkyl halides is 2. The van der Waals surface area contributed by atoms with E-state index in [4.69, 9.17) is 11.6 Å². The standard InChI is InChI=1S/C11H15NO.C9H11ClF2NP.C9H19N.C2H6/c1-3-6-11(13)12-10-8-5-4-7-9(10)2;1-5-3-6(9(11,12)14)8(13-2)7(10)4-5;1-3-6-10-7-4-9(2)5-8-10;1-2/h4-5,7-8H,3,6H2,1-2H3,(H,12,13);3-4,13H,14H2,1-2H3;9H,3-8H2,1-2H3;1-2H3. The number of nitrogens with zero attached hydrogens (tertiary/aromatic N) is 1. The van der Waals surface area contributed by atoms with Crippen molar-refractivity contribution in [2.24, 2.45) is 5.92 Å². The lowest BCUT2D eigenvalue weighted by atomic mass is 9.99. The molecule has 1 atom stereocenters. The van der Waals surface area contributed by atoms with Gasteiger partial charge in [0, 0.05) is 24.7 Å². The summed E-state index contributed by atoms with van der Waals surface area (Å²) in [5.41, 5.74) is -0.0557. The summed E-state index contributed by atoms with van der Waals surface area (Å²) in [6.07, 6.45) is 5.63. The molecule has 3 rings (SSSR count). The molecule has 1 heterocycles. The van der Waals surface area contributed by atoms with Gasteiger partial charge in [-0.15, -0.1) is 0 Å². The first kappa shape index (κ1) is 37.2. The van der Waals surface area contributed by atoms with E-state index in [0.717, 1.165) is 23.6 Å². The van der Waals surface area contributed by atoms with E-state index in [-0.39, 0.29) is 17.2 Å². The molecule has 0 bridgehead atoms. The smallest absolute Gasteiger partial charge is 0.285 e. The van der Waals surface area contributed by atoms with Crippen LogP contribution in [0.1, 0.15) is 83.4 Å². The van der Waals surface area contributed by atoms with Crippen LogP contribution in [0.3, 0.4) is 0 Å². The number of rotatable bonds is 7. The SMILES string of the molecule is CC.CCCC(=O)Nc1ccccc1C.CCCN1CCC(C)CC1.CNc1c(Cl)cc(C)cc1C(F)(F)P. The molecule has 0 aliphatic carbocycles. The fourth-order valence-electron chi connectivity index (χ4n) is 4.01. The number of likely N-dealkylation sites (tertiary alicyclic amines) is 1. The van der Waals surface area contributed by atoms with Gasteiger partial charge in [0.25, 0.3) is 5.66 Å². The number of anilines is 2. The first-order valence-electron chi connectivity index (χ1n) is 14.2. The van der Waals surface area contributed by atoms with E-state index >= 15 is 0 Å². The van der Waals surface area contributed by atoms with E-state index in [1.807, 2.05) is 52.0 Å². The summed E-state index contributed by atoms with van der Waals surface area (Å²) in [5, 5.41) is 5.85. The number of amides is 1. The fourth-order valence-corrected chi connectivity index (χ4v) is 4.61. The lowest BCUT2D eigenvalue weighted by Crippen LogP contribution is -2.33. The molecule has 1 fully saturated rings. The first-order valence-corrected chi connectivity index (χ1v) is 15.1. The average molecular weight is 586 g/mol. The highest BCUT2D eigenvalue weighted by atomic mass is 35.5. The Hall–Kier alpha value is -1.75. The zero-order valence-electron chi connectivity index (χ0n) is 25.3. The zero-order valence-corrected chi connectivity index (χ0v) is 27.2. The molecular weight excluding hydrogens is 535 g/mol. The van der Waals surface area contributed by atoms with Gasteiger partial charge in [0.15, 0.2) is 0 Å². The van der Waals surface area contributed by atoms with Crippen LogP contribution >= 0.6 is 20.8 Å². The summed E-state index contributed by atoms with van der Waals surface area (Å²) in [6, 6.07) is 10.9. The second kappa shape index (κ2) is 20.2. The van der Waals surface area contributed by atoms with Gasteiger partial charge >= 0.3 is 0 Å². The van der Waals surface area contributed by atoms with Crippen LogP contribution < -0.4 is 10.6 Å². The summed E-state index contributed by atoms with van der Waals surface area (Å²) in [4.78, 5) is 13.8. The van der Waals surface area contributed by atoms with Gasteiger partial charge in [-0.2, -0.15) is 8.78 Å². The van der Waals surface area contributed by atoms with Gasteiger partial charge in [-0.05, 0) is 94.4 Å². The van der Waals surface area contributed by atoms with E-state index < -0.39 is 5.66 Å². The number of benzene rings is 2. The van der Waals surface area contributed by atoms with Crippen LogP contribution in [-0.2, 0) is 10.5 Å².